The lowest BCUT2D eigenvalue weighted by atomic mass is 9.81. The monoisotopic (exact) mass is 386 g/mol. The van der Waals surface area contributed by atoms with E-state index in [2.05, 4.69) is 52.3 Å². The van der Waals surface area contributed by atoms with E-state index < -0.39 is 0 Å². The number of hydrogen-bond donors (Lipinski definition) is 1. The van der Waals surface area contributed by atoms with Gasteiger partial charge >= 0.3 is 0 Å². The van der Waals surface area contributed by atoms with E-state index in [1.165, 1.54) is 5.56 Å². The summed E-state index contributed by atoms with van der Waals surface area (Å²) in [6.07, 6.45) is 2.11. The molecule has 2 heterocycles. The van der Waals surface area contributed by atoms with Crippen molar-refractivity contribution in [2.24, 2.45) is 5.92 Å². The molecule has 0 spiro atoms. The summed E-state index contributed by atoms with van der Waals surface area (Å²) in [6, 6.07) is 6.40. The van der Waals surface area contributed by atoms with Crippen molar-refractivity contribution in [2.75, 3.05) is 18.6 Å². The molecule has 3 rings (SSSR count). The van der Waals surface area contributed by atoms with Gasteiger partial charge in [-0.15, -0.1) is 0 Å². The predicted octanol–water partition coefficient (Wildman–Crippen LogP) is 3.79. The Morgan fingerprint density at radius 1 is 1.52 bits per heavy atom. The van der Waals surface area contributed by atoms with Gasteiger partial charge in [0.05, 0.1) is 6.04 Å². The van der Waals surface area contributed by atoms with E-state index in [-0.39, 0.29) is 11.8 Å². The highest BCUT2D eigenvalue weighted by molar-refractivity contribution is 9.10. The third kappa shape index (κ3) is 2.45. The minimum absolute atomic E-state index is 0.203. The summed E-state index contributed by atoms with van der Waals surface area (Å²) in [6.45, 7) is 5.28. The first-order valence-electron chi connectivity index (χ1n) is 7.03. The molecule has 1 saturated heterocycles. The van der Waals surface area contributed by atoms with Crippen LogP contribution in [-0.4, -0.2) is 34.3 Å². The zero-order valence-corrected chi connectivity index (χ0v) is 15.6. The van der Waals surface area contributed by atoms with Gasteiger partial charge in [-0.3, -0.25) is 0 Å². The lowest BCUT2D eigenvalue weighted by Gasteiger charge is -2.56. The molecule has 0 aromatic heterocycles. The summed E-state index contributed by atoms with van der Waals surface area (Å²) in [4.78, 5) is 2.20. The minimum atomic E-state index is -0.385. The number of hydrogen-bond acceptors (Lipinski definition) is 3. The molecule has 0 radical (unpaired) electrons. The molecular formula is C15H19BrN2OS2. The van der Waals surface area contributed by atoms with Gasteiger partial charge in [-0.1, -0.05) is 22.9 Å². The molecule has 3 atom stereocenters. The molecule has 2 aliphatic heterocycles. The Morgan fingerprint density at radius 2 is 2.29 bits per heavy atom. The van der Waals surface area contributed by atoms with E-state index in [1.807, 2.05) is 23.9 Å². The highest BCUT2D eigenvalue weighted by atomic mass is 79.9. The van der Waals surface area contributed by atoms with Crippen molar-refractivity contribution >= 4 is 45.0 Å². The molecule has 3 nitrogen and oxygen atoms in total. The fourth-order valence-electron chi connectivity index (χ4n) is 3.17. The van der Waals surface area contributed by atoms with Crippen molar-refractivity contribution in [3.8, 4) is 5.75 Å². The minimum Gasteiger partial charge on any atom is -0.467 e. The molecule has 2 aliphatic rings. The molecule has 114 valence electrons. The van der Waals surface area contributed by atoms with E-state index >= 15 is 0 Å². The fraction of sp³-hybridized carbons (Fsp3) is 0.533. The van der Waals surface area contributed by atoms with Crippen LogP contribution in [0.25, 0.3) is 0 Å². The van der Waals surface area contributed by atoms with Gasteiger partial charge in [-0.2, -0.15) is 11.8 Å². The highest BCUT2D eigenvalue weighted by Crippen LogP contribution is 2.48. The molecular weight excluding hydrogens is 368 g/mol. The second kappa shape index (κ2) is 5.63. The third-order valence-electron chi connectivity index (χ3n) is 4.55. The Hall–Kier alpha value is -0.460. The van der Waals surface area contributed by atoms with Crippen molar-refractivity contribution in [1.82, 2.24) is 10.2 Å². The number of fused-ring (bicyclic) bond motifs is 4. The summed E-state index contributed by atoms with van der Waals surface area (Å²) in [5.41, 5.74) is 0.796. The number of thioether (sulfide) groups is 1. The van der Waals surface area contributed by atoms with Crippen LogP contribution in [0.2, 0.25) is 0 Å². The lowest BCUT2D eigenvalue weighted by Crippen LogP contribution is -2.69. The van der Waals surface area contributed by atoms with Gasteiger partial charge in [0, 0.05) is 28.3 Å². The standard InChI is InChI=1S/C15H19BrN2OS2/c1-9-13-11-8-10(16)4-5-12(11)19-15(9,2)18(6-7-21-3)14(20)17-13/h4-5,8-9,13H,6-7H2,1-3H3,(H,17,20). The maximum absolute atomic E-state index is 6.41. The van der Waals surface area contributed by atoms with Gasteiger partial charge in [0.1, 0.15) is 5.75 Å². The molecule has 1 aromatic rings. The topological polar surface area (TPSA) is 24.5 Å². The van der Waals surface area contributed by atoms with Crippen molar-refractivity contribution in [3.63, 3.8) is 0 Å². The summed E-state index contributed by atoms with van der Waals surface area (Å²) >= 11 is 11.0. The smallest absolute Gasteiger partial charge is 0.186 e. The molecule has 0 aliphatic carbocycles. The van der Waals surface area contributed by atoms with Gasteiger partial charge < -0.3 is 15.0 Å². The summed E-state index contributed by atoms with van der Waals surface area (Å²) < 4.78 is 7.47. The Balaban J connectivity index is 2.03. The second-order valence-corrected chi connectivity index (χ2v) is 7.99. The maximum atomic E-state index is 6.41. The number of nitrogens with zero attached hydrogens (tertiary/aromatic N) is 1. The Morgan fingerprint density at radius 3 is 3.00 bits per heavy atom. The molecule has 0 amide bonds. The Labute approximate surface area is 143 Å². The van der Waals surface area contributed by atoms with Crippen molar-refractivity contribution in [2.45, 2.75) is 25.6 Å². The van der Waals surface area contributed by atoms with Crippen LogP contribution in [0.3, 0.4) is 0 Å². The number of benzene rings is 1. The Kier molecular flexibility index (Phi) is 4.14. The summed E-state index contributed by atoms with van der Waals surface area (Å²) in [7, 11) is 0. The van der Waals surface area contributed by atoms with Crippen LogP contribution in [0.15, 0.2) is 22.7 Å². The van der Waals surface area contributed by atoms with Crippen LogP contribution >= 0.6 is 39.9 Å². The fourth-order valence-corrected chi connectivity index (χ4v) is 4.32. The van der Waals surface area contributed by atoms with Crippen LogP contribution in [-0.2, 0) is 0 Å². The van der Waals surface area contributed by atoms with E-state index in [0.717, 1.165) is 27.6 Å². The van der Waals surface area contributed by atoms with E-state index in [0.29, 0.717) is 5.92 Å². The maximum Gasteiger partial charge on any atom is 0.186 e. The first-order valence-corrected chi connectivity index (χ1v) is 9.62. The quantitative estimate of drug-likeness (QED) is 0.796. The van der Waals surface area contributed by atoms with E-state index in [4.69, 9.17) is 17.0 Å². The normalized spacial score (nSPS) is 30.5. The zero-order valence-electron chi connectivity index (χ0n) is 12.4. The van der Waals surface area contributed by atoms with Crippen LogP contribution in [0.1, 0.15) is 25.5 Å². The van der Waals surface area contributed by atoms with Crippen molar-refractivity contribution in [1.29, 1.82) is 0 Å². The number of thiocarbonyl (C=S) groups is 1. The average molecular weight is 387 g/mol. The van der Waals surface area contributed by atoms with Crippen LogP contribution < -0.4 is 10.1 Å². The molecule has 1 fully saturated rings. The average Bonchev–Trinajstić information content (AvgIpc) is 2.44. The molecule has 3 unspecified atom stereocenters. The van der Waals surface area contributed by atoms with Gasteiger partial charge in [0.25, 0.3) is 0 Å². The van der Waals surface area contributed by atoms with E-state index in [1.54, 1.807) is 0 Å². The molecule has 1 N–H and O–H groups in total. The molecule has 21 heavy (non-hydrogen) atoms. The molecule has 0 saturated carbocycles. The van der Waals surface area contributed by atoms with Crippen LogP contribution in [0, 0.1) is 5.92 Å². The lowest BCUT2D eigenvalue weighted by molar-refractivity contribution is -0.108. The SMILES string of the molecule is CSCCN1C(=S)NC2c3cc(Br)ccc3OC1(C)C2C. The van der Waals surface area contributed by atoms with Gasteiger partial charge in [-0.25, -0.2) is 0 Å². The van der Waals surface area contributed by atoms with Crippen molar-refractivity contribution < 1.29 is 4.74 Å². The number of ether oxygens (including phenoxy) is 1. The third-order valence-corrected chi connectivity index (χ3v) is 5.97. The second-order valence-electron chi connectivity index (χ2n) is 5.70. The first-order chi connectivity index (χ1) is 9.97. The molecule has 6 heteroatoms. The number of rotatable bonds is 3. The van der Waals surface area contributed by atoms with E-state index in [9.17, 15) is 0 Å². The largest absolute Gasteiger partial charge is 0.467 e. The van der Waals surface area contributed by atoms with Gasteiger partial charge in [0.2, 0.25) is 0 Å². The first kappa shape index (κ1) is 15.4. The predicted molar refractivity (Wildman–Crippen MR) is 95.9 cm³/mol. The molecule has 1 aromatic carbocycles. The van der Waals surface area contributed by atoms with Crippen molar-refractivity contribution in [3.05, 3.63) is 28.2 Å². The molecule has 2 bridgehead atoms. The van der Waals surface area contributed by atoms with Crippen LogP contribution in [0.5, 0.6) is 5.75 Å². The van der Waals surface area contributed by atoms with Crippen LogP contribution in [0.4, 0.5) is 0 Å². The highest BCUT2D eigenvalue weighted by Gasteiger charge is 2.52. The summed E-state index contributed by atoms with van der Waals surface area (Å²) in [5, 5.41) is 4.30. The zero-order chi connectivity index (χ0) is 15.2. The number of nitrogens with one attached hydrogen (secondary N) is 1. The number of halogens is 1. The van der Waals surface area contributed by atoms with Gasteiger partial charge in [0.15, 0.2) is 10.8 Å². The van der Waals surface area contributed by atoms with Gasteiger partial charge in [-0.05, 0) is 43.6 Å². The Bertz CT molecular complexity index is 583. The summed E-state index contributed by atoms with van der Waals surface area (Å²) in [5.74, 6) is 2.30.